The first-order valence-electron chi connectivity index (χ1n) is 10.8. The summed E-state index contributed by atoms with van der Waals surface area (Å²) in [6.07, 6.45) is -0.947. The lowest BCUT2D eigenvalue weighted by molar-refractivity contribution is -0.384. The molecular weight excluding hydrogens is 434 g/mol. The van der Waals surface area contributed by atoms with Gasteiger partial charge in [0.25, 0.3) is 11.2 Å². The molecule has 2 aliphatic rings. The summed E-state index contributed by atoms with van der Waals surface area (Å²) < 4.78 is 5.70. The Bertz CT molecular complexity index is 1360. The van der Waals surface area contributed by atoms with E-state index in [2.05, 4.69) is 5.16 Å². The van der Waals surface area contributed by atoms with Crippen LogP contribution < -0.4 is 0 Å². The molecule has 3 aromatic rings. The minimum Gasteiger partial charge on any atom is -0.405 e. The normalized spacial score (nSPS) is 21.1. The molecule has 0 saturated heterocycles. The van der Waals surface area contributed by atoms with Gasteiger partial charge in [0, 0.05) is 23.3 Å². The van der Waals surface area contributed by atoms with Gasteiger partial charge in [-0.25, -0.2) is 9.79 Å². The van der Waals surface area contributed by atoms with E-state index in [4.69, 9.17) is 14.6 Å². The zero-order valence-electron chi connectivity index (χ0n) is 18.8. The summed E-state index contributed by atoms with van der Waals surface area (Å²) in [5, 5.41) is 15.5. The molecule has 1 spiro atoms. The number of nitro benzene ring substituents is 1. The predicted molar refractivity (Wildman–Crippen MR) is 126 cm³/mol. The van der Waals surface area contributed by atoms with Gasteiger partial charge in [0.15, 0.2) is 6.10 Å². The molecule has 0 amide bonds. The molecule has 0 N–H and O–H groups in total. The third kappa shape index (κ3) is 3.26. The first kappa shape index (κ1) is 21.5. The second-order valence-electron chi connectivity index (χ2n) is 8.49. The Labute approximate surface area is 195 Å². The molecule has 5 rings (SSSR count). The highest BCUT2D eigenvalue weighted by Crippen LogP contribution is 2.46. The number of hydrogen-bond acceptors (Lipinski definition) is 7. The first-order chi connectivity index (χ1) is 16.3. The summed E-state index contributed by atoms with van der Waals surface area (Å²) in [7, 11) is 0. The van der Waals surface area contributed by atoms with Crippen molar-refractivity contribution in [2.45, 2.75) is 32.4 Å². The van der Waals surface area contributed by atoms with E-state index in [1.54, 1.807) is 24.3 Å². The van der Waals surface area contributed by atoms with Crippen LogP contribution in [0.15, 0.2) is 76.9 Å². The second-order valence-corrected chi connectivity index (χ2v) is 8.49. The molecule has 2 atom stereocenters. The Morgan fingerprint density at radius 1 is 0.971 bits per heavy atom. The summed E-state index contributed by atoms with van der Waals surface area (Å²) in [6, 6.07) is 19.0. The molecule has 0 aliphatic carbocycles. The highest BCUT2D eigenvalue weighted by atomic mass is 16.7. The van der Waals surface area contributed by atoms with Crippen LogP contribution in [0.1, 0.15) is 39.5 Å². The number of benzene rings is 3. The standard InChI is InChI=1S/C26H21N3O5/c1-15-13-16(2)21(17(3)14-15)22-26(25(30)33-24(27-26)19-7-5-4-6-8-19)23(34-28-22)18-9-11-20(12-10-18)29(31)32/h4-14,23H,1-3H3/t23-,26-/m0/s1. The van der Waals surface area contributed by atoms with E-state index in [1.807, 2.05) is 51.1 Å². The van der Waals surface area contributed by atoms with Crippen LogP contribution >= 0.6 is 0 Å². The number of ether oxygens (including phenoxy) is 1. The van der Waals surface area contributed by atoms with Crippen molar-refractivity contribution in [1.29, 1.82) is 0 Å². The monoisotopic (exact) mass is 455 g/mol. The number of non-ortho nitro benzene ring substituents is 1. The van der Waals surface area contributed by atoms with Crippen LogP contribution in [0.3, 0.4) is 0 Å². The van der Waals surface area contributed by atoms with Crippen LogP contribution in [-0.4, -0.2) is 28.0 Å². The van der Waals surface area contributed by atoms with E-state index in [-0.39, 0.29) is 11.6 Å². The zero-order valence-corrected chi connectivity index (χ0v) is 18.8. The maximum absolute atomic E-state index is 13.6. The van der Waals surface area contributed by atoms with Gasteiger partial charge in [0.2, 0.25) is 5.90 Å². The van der Waals surface area contributed by atoms with E-state index < -0.39 is 22.5 Å². The van der Waals surface area contributed by atoms with E-state index >= 15 is 0 Å². The molecule has 0 fully saturated rings. The van der Waals surface area contributed by atoms with Gasteiger partial charge in [-0.05, 0) is 61.7 Å². The topological polar surface area (TPSA) is 103 Å². The van der Waals surface area contributed by atoms with E-state index in [9.17, 15) is 14.9 Å². The van der Waals surface area contributed by atoms with Crippen LogP contribution in [0.5, 0.6) is 0 Å². The van der Waals surface area contributed by atoms with Crippen molar-refractivity contribution in [3.63, 3.8) is 0 Å². The number of nitrogens with zero attached hydrogens (tertiary/aromatic N) is 3. The molecule has 2 heterocycles. The van der Waals surface area contributed by atoms with Gasteiger partial charge in [-0.15, -0.1) is 0 Å². The molecule has 0 aromatic heterocycles. The van der Waals surface area contributed by atoms with Gasteiger partial charge < -0.3 is 9.57 Å². The van der Waals surface area contributed by atoms with Gasteiger partial charge in [0.1, 0.15) is 5.71 Å². The Morgan fingerprint density at radius 2 is 1.62 bits per heavy atom. The Balaban J connectivity index is 1.70. The molecular formula is C26H21N3O5. The molecule has 170 valence electrons. The summed E-state index contributed by atoms with van der Waals surface area (Å²) in [5.41, 5.74) is 3.60. The zero-order chi connectivity index (χ0) is 24.0. The van der Waals surface area contributed by atoms with Crippen molar-refractivity contribution in [3.8, 4) is 0 Å². The van der Waals surface area contributed by atoms with Crippen molar-refractivity contribution >= 4 is 23.3 Å². The summed E-state index contributed by atoms with van der Waals surface area (Å²) in [6.45, 7) is 5.90. The largest absolute Gasteiger partial charge is 0.405 e. The molecule has 0 bridgehead atoms. The van der Waals surface area contributed by atoms with Gasteiger partial charge in [-0.1, -0.05) is 41.1 Å². The Hall–Kier alpha value is -4.33. The van der Waals surface area contributed by atoms with Crippen LogP contribution in [0, 0.1) is 30.9 Å². The molecule has 3 aromatic carbocycles. The maximum Gasteiger partial charge on any atom is 0.351 e. The number of nitro groups is 1. The van der Waals surface area contributed by atoms with Crippen molar-refractivity contribution in [2.75, 3.05) is 0 Å². The highest BCUT2D eigenvalue weighted by Gasteiger charge is 2.62. The summed E-state index contributed by atoms with van der Waals surface area (Å²) in [5.74, 6) is -0.427. The quantitative estimate of drug-likeness (QED) is 0.321. The molecule has 8 nitrogen and oxygen atoms in total. The Morgan fingerprint density at radius 3 is 2.24 bits per heavy atom. The van der Waals surface area contributed by atoms with Gasteiger partial charge in [-0.2, -0.15) is 0 Å². The second kappa shape index (κ2) is 7.91. The van der Waals surface area contributed by atoms with Gasteiger partial charge >= 0.3 is 5.97 Å². The lowest BCUT2D eigenvalue weighted by Crippen LogP contribution is -2.46. The number of carbonyl (C=O) groups is 1. The van der Waals surface area contributed by atoms with Gasteiger partial charge in [-0.3, -0.25) is 10.1 Å². The van der Waals surface area contributed by atoms with Gasteiger partial charge in [0.05, 0.1) is 4.92 Å². The number of oxime groups is 1. The maximum atomic E-state index is 13.6. The summed E-state index contributed by atoms with van der Waals surface area (Å²) in [4.78, 5) is 34.9. The van der Waals surface area contributed by atoms with E-state index in [0.717, 1.165) is 22.3 Å². The molecule has 8 heteroatoms. The average molecular weight is 455 g/mol. The third-order valence-electron chi connectivity index (χ3n) is 6.11. The fourth-order valence-electron chi connectivity index (χ4n) is 4.65. The van der Waals surface area contributed by atoms with Crippen molar-refractivity contribution in [1.82, 2.24) is 0 Å². The van der Waals surface area contributed by atoms with E-state index in [1.165, 1.54) is 12.1 Å². The third-order valence-corrected chi connectivity index (χ3v) is 6.11. The van der Waals surface area contributed by atoms with E-state index in [0.29, 0.717) is 16.8 Å². The smallest absolute Gasteiger partial charge is 0.351 e. The minimum absolute atomic E-state index is 0.0652. The fourth-order valence-corrected chi connectivity index (χ4v) is 4.65. The molecule has 0 radical (unpaired) electrons. The number of hydrogen-bond donors (Lipinski definition) is 0. The molecule has 0 saturated carbocycles. The number of cyclic esters (lactones) is 1. The van der Waals surface area contributed by atoms with Crippen molar-refractivity contribution in [2.24, 2.45) is 10.1 Å². The number of aliphatic imine (C=N–C) groups is 1. The Kier molecular flexibility index (Phi) is 5.01. The predicted octanol–water partition coefficient (Wildman–Crippen LogP) is 4.74. The number of rotatable bonds is 4. The number of esters is 1. The fraction of sp³-hybridized carbons (Fsp3) is 0.192. The summed E-state index contributed by atoms with van der Waals surface area (Å²) >= 11 is 0. The van der Waals surface area contributed by atoms with Crippen LogP contribution in [0.4, 0.5) is 5.69 Å². The SMILES string of the molecule is Cc1cc(C)c(C2=NO[C@@H](c3ccc([N+](=O)[O-])cc3)[C@@]23N=C(c2ccccc2)OC3=O)c(C)c1. The van der Waals surface area contributed by atoms with Crippen molar-refractivity contribution in [3.05, 3.63) is 110 Å². The minimum atomic E-state index is -1.59. The number of carbonyl (C=O) groups excluding carboxylic acids is 1. The van der Waals surface area contributed by atoms with Crippen LogP contribution in [0.2, 0.25) is 0 Å². The van der Waals surface area contributed by atoms with Crippen LogP contribution in [-0.2, 0) is 14.4 Å². The van der Waals surface area contributed by atoms with Crippen molar-refractivity contribution < 1.29 is 19.3 Å². The molecule has 0 unspecified atom stereocenters. The highest BCUT2D eigenvalue weighted by molar-refractivity contribution is 6.27. The average Bonchev–Trinajstić information content (AvgIpc) is 3.35. The lowest BCUT2D eigenvalue weighted by atomic mass is 9.79. The lowest BCUT2D eigenvalue weighted by Gasteiger charge is -2.25. The molecule has 2 aliphatic heterocycles. The number of aryl methyl sites for hydroxylation is 3. The molecule has 34 heavy (non-hydrogen) atoms. The first-order valence-corrected chi connectivity index (χ1v) is 10.8. The van der Waals surface area contributed by atoms with Crippen LogP contribution in [0.25, 0.3) is 0 Å².